The highest BCUT2D eigenvalue weighted by Gasteiger charge is 2.43. The van der Waals surface area contributed by atoms with Gasteiger partial charge < -0.3 is 9.80 Å². The van der Waals surface area contributed by atoms with E-state index in [1.807, 2.05) is 11.8 Å². The summed E-state index contributed by atoms with van der Waals surface area (Å²) in [6, 6.07) is -0.181. The van der Waals surface area contributed by atoms with Gasteiger partial charge in [-0.1, -0.05) is 26.2 Å². The van der Waals surface area contributed by atoms with Crippen LogP contribution in [0, 0.1) is 5.41 Å². The van der Waals surface area contributed by atoms with Gasteiger partial charge in [0.05, 0.1) is 0 Å². The van der Waals surface area contributed by atoms with Crippen LogP contribution in [0.25, 0.3) is 0 Å². The first kappa shape index (κ1) is 15.8. The number of amides is 2. The van der Waals surface area contributed by atoms with E-state index in [1.54, 1.807) is 0 Å². The van der Waals surface area contributed by atoms with E-state index >= 15 is 0 Å². The highest BCUT2D eigenvalue weighted by atomic mass is 16.2. The van der Waals surface area contributed by atoms with Crippen molar-refractivity contribution in [3.63, 3.8) is 0 Å². The third-order valence-electron chi connectivity index (χ3n) is 6.07. The standard InChI is InChI=1S/C18H30N2O2/c1-2-16(21)20-12-7-4-8-15(20)17(22)19-13-11-18(14-19)9-5-3-6-10-18/h15H,2-14H2,1H3/t15-/m1/s1. The molecule has 2 heterocycles. The van der Waals surface area contributed by atoms with Crippen molar-refractivity contribution in [1.82, 2.24) is 9.80 Å². The Bertz CT molecular complexity index is 429. The van der Waals surface area contributed by atoms with Gasteiger partial charge in [0.2, 0.25) is 11.8 Å². The number of likely N-dealkylation sites (tertiary alicyclic amines) is 2. The third kappa shape index (κ3) is 3.02. The zero-order valence-electron chi connectivity index (χ0n) is 14.0. The van der Waals surface area contributed by atoms with Gasteiger partial charge in [-0.2, -0.15) is 0 Å². The van der Waals surface area contributed by atoms with Crippen LogP contribution in [-0.2, 0) is 9.59 Å². The lowest BCUT2D eigenvalue weighted by atomic mass is 9.73. The smallest absolute Gasteiger partial charge is 0.245 e. The summed E-state index contributed by atoms with van der Waals surface area (Å²) in [6.45, 7) is 4.51. The van der Waals surface area contributed by atoms with Crippen LogP contribution in [-0.4, -0.2) is 47.3 Å². The maximum Gasteiger partial charge on any atom is 0.245 e. The van der Waals surface area contributed by atoms with Gasteiger partial charge in [0.15, 0.2) is 0 Å². The first-order chi connectivity index (χ1) is 10.7. The van der Waals surface area contributed by atoms with Gasteiger partial charge in [-0.25, -0.2) is 0 Å². The van der Waals surface area contributed by atoms with Crippen LogP contribution in [0.2, 0.25) is 0 Å². The van der Waals surface area contributed by atoms with Crippen molar-refractivity contribution < 1.29 is 9.59 Å². The van der Waals surface area contributed by atoms with E-state index in [-0.39, 0.29) is 17.9 Å². The Balaban J connectivity index is 1.66. The van der Waals surface area contributed by atoms with E-state index in [0.29, 0.717) is 11.8 Å². The molecule has 0 unspecified atom stereocenters. The summed E-state index contributed by atoms with van der Waals surface area (Å²) < 4.78 is 0. The maximum atomic E-state index is 13.0. The molecule has 124 valence electrons. The van der Waals surface area contributed by atoms with Gasteiger partial charge in [0, 0.05) is 26.1 Å². The molecular weight excluding hydrogens is 276 g/mol. The second-order valence-corrected chi connectivity index (χ2v) is 7.52. The molecule has 3 aliphatic rings. The molecule has 2 amide bonds. The average Bonchev–Trinajstić information content (AvgIpc) is 2.97. The lowest BCUT2D eigenvalue weighted by Crippen LogP contribution is -2.52. The lowest BCUT2D eigenvalue weighted by molar-refractivity contribution is -0.147. The Kier molecular flexibility index (Phi) is 4.74. The Morgan fingerprint density at radius 3 is 2.50 bits per heavy atom. The minimum Gasteiger partial charge on any atom is -0.340 e. The van der Waals surface area contributed by atoms with Gasteiger partial charge in [-0.05, 0) is 43.9 Å². The zero-order chi connectivity index (χ0) is 15.6. The van der Waals surface area contributed by atoms with E-state index in [4.69, 9.17) is 0 Å². The highest BCUT2D eigenvalue weighted by molar-refractivity contribution is 5.88. The minimum atomic E-state index is -0.181. The molecule has 0 bridgehead atoms. The van der Waals surface area contributed by atoms with Crippen LogP contribution in [0.5, 0.6) is 0 Å². The fourth-order valence-corrected chi connectivity index (χ4v) is 4.73. The number of hydrogen-bond acceptors (Lipinski definition) is 2. The van der Waals surface area contributed by atoms with Crippen molar-refractivity contribution in [2.45, 2.75) is 77.2 Å². The average molecular weight is 306 g/mol. The number of carbonyl (C=O) groups excluding carboxylic acids is 2. The molecule has 2 aliphatic heterocycles. The molecule has 22 heavy (non-hydrogen) atoms. The second-order valence-electron chi connectivity index (χ2n) is 7.52. The monoisotopic (exact) mass is 306 g/mol. The first-order valence-electron chi connectivity index (χ1n) is 9.23. The molecule has 2 saturated heterocycles. The molecule has 1 atom stereocenters. The fraction of sp³-hybridized carbons (Fsp3) is 0.889. The molecule has 0 aromatic carbocycles. The van der Waals surface area contributed by atoms with Crippen molar-refractivity contribution in [1.29, 1.82) is 0 Å². The SMILES string of the molecule is CCC(=O)N1CCCC[C@@H]1C(=O)N1CCC2(CCCCC2)C1. The molecule has 0 radical (unpaired) electrons. The van der Waals surface area contributed by atoms with Gasteiger partial charge >= 0.3 is 0 Å². The number of carbonyl (C=O) groups is 2. The highest BCUT2D eigenvalue weighted by Crippen LogP contribution is 2.44. The second kappa shape index (κ2) is 6.59. The minimum absolute atomic E-state index is 0.143. The van der Waals surface area contributed by atoms with Gasteiger partial charge in [0.1, 0.15) is 6.04 Å². The Morgan fingerprint density at radius 1 is 1.00 bits per heavy atom. The summed E-state index contributed by atoms with van der Waals surface area (Å²) in [5.41, 5.74) is 0.405. The summed E-state index contributed by atoms with van der Waals surface area (Å²) in [5.74, 6) is 0.369. The molecule has 3 rings (SSSR count). The molecular formula is C18H30N2O2. The van der Waals surface area contributed by atoms with Crippen LogP contribution < -0.4 is 0 Å². The normalized spacial score (nSPS) is 28.1. The molecule has 0 N–H and O–H groups in total. The predicted octanol–water partition coefficient (Wildman–Crippen LogP) is 2.96. The van der Waals surface area contributed by atoms with Crippen LogP contribution in [0.3, 0.4) is 0 Å². The van der Waals surface area contributed by atoms with E-state index in [9.17, 15) is 9.59 Å². The summed E-state index contributed by atoms with van der Waals surface area (Å²) >= 11 is 0. The molecule has 0 aromatic heterocycles. The Hall–Kier alpha value is -1.06. The topological polar surface area (TPSA) is 40.6 Å². The van der Waals surface area contributed by atoms with E-state index in [0.717, 1.165) is 38.9 Å². The van der Waals surface area contributed by atoms with Crippen molar-refractivity contribution in [3.8, 4) is 0 Å². The van der Waals surface area contributed by atoms with E-state index < -0.39 is 0 Å². The number of rotatable bonds is 2. The molecule has 4 heteroatoms. The maximum absolute atomic E-state index is 13.0. The van der Waals surface area contributed by atoms with Crippen LogP contribution in [0.15, 0.2) is 0 Å². The number of nitrogens with zero attached hydrogens (tertiary/aromatic N) is 2. The summed E-state index contributed by atoms with van der Waals surface area (Å²) in [6.07, 6.45) is 11.2. The van der Waals surface area contributed by atoms with Gasteiger partial charge in [0.25, 0.3) is 0 Å². The van der Waals surface area contributed by atoms with E-state index in [1.165, 1.54) is 38.5 Å². The molecule has 3 fully saturated rings. The van der Waals surface area contributed by atoms with Crippen LogP contribution in [0.4, 0.5) is 0 Å². The number of piperidine rings is 1. The van der Waals surface area contributed by atoms with Gasteiger partial charge in [-0.15, -0.1) is 0 Å². The predicted molar refractivity (Wildman–Crippen MR) is 86.4 cm³/mol. The molecule has 1 spiro atoms. The fourth-order valence-electron chi connectivity index (χ4n) is 4.73. The first-order valence-corrected chi connectivity index (χ1v) is 9.23. The largest absolute Gasteiger partial charge is 0.340 e. The van der Waals surface area contributed by atoms with E-state index in [2.05, 4.69) is 4.90 Å². The van der Waals surface area contributed by atoms with Gasteiger partial charge in [-0.3, -0.25) is 9.59 Å². The van der Waals surface area contributed by atoms with Crippen LogP contribution in [0.1, 0.15) is 71.1 Å². The van der Waals surface area contributed by atoms with Crippen LogP contribution >= 0.6 is 0 Å². The Morgan fingerprint density at radius 2 is 1.77 bits per heavy atom. The molecule has 4 nitrogen and oxygen atoms in total. The van der Waals surface area contributed by atoms with Crippen molar-refractivity contribution >= 4 is 11.8 Å². The summed E-state index contributed by atoms with van der Waals surface area (Å²) in [7, 11) is 0. The summed E-state index contributed by atoms with van der Waals surface area (Å²) in [5, 5.41) is 0. The molecule has 1 saturated carbocycles. The molecule has 0 aromatic rings. The third-order valence-corrected chi connectivity index (χ3v) is 6.07. The lowest BCUT2D eigenvalue weighted by Gasteiger charge is -2.38. The quantitative estimate of drug-likeness (QED) is 0.787. The van der Waals surface area contributed by atoms with Crippen molar-refractivity contribution in [2.75, 3.05) is 19.6 Å². The summed E-state index contributed by atoms with van der Waals surface area (Å²) in [4.78, 5) is 29.1. The Labute approximate surface area is 134 Å². The molecule has 1 aliphatic carbocycles. The zero-order valence-corrected chi connectivity index (χ0v) is 14.0. The van der Waals surface area contributed by atoms with Crippen molar-refractivity contribution in [3.05, 3.63) is 0 Å². The number of hydrogen-bond donors (Lipinski definition) is 0. The van der Waals surface area contributed by atoms with Crippen molar-refractivity contribution in [2.24, 2.45) is 5.41 Å².